The number of hydrogen-bond donors (Lipinski definition) is 1. The molecule has 1 N–H and O–H groups in total. The topological polar surface area (TPSA) is 63.6 Å². The van der Waals surface area contributed by atoms with Crippen molar-refractivity contribution in [3.05, 3.63) is 59.6 Å². The molecule has 4 nitrogen and oxygen atoms in total. The molecule has 2 rings (SSSR count). The summed E-state index contributed by atoms with van der Waals surface area (Å²) in [4.78, 5) is 0.182. The minimum Gasteiger partial charge on any atom is -0.489 e. The highest BCUT2D eigenvalue weighted by Gasteiger charge is 2.20. The maximum Gasteiger partial charge on any atom is 0.181 e. The van der Waals surface area contributed by atoms with Crippen LogP contribution < -0.4 is 4.74 Å². The second-order valence-electron chi connectivity index (χ2n) is 4.49. The molecule has 0 saturated carbocycles. The number of sulfone groups is 1. The quantitative estimate of drug-likeness (QED) is 0.886. The lowest BCUT2D eigenvalue weighted by atomic mass is 10.3. The summed E-state index contributed by atoms with van der Waals surface area (Å²) < 4.78 is 29.5. The van der Waals surface area contributed by atoms with E-state index in [4.69, 9.17) is 16.3 Å². The molecule has 0 bridgehead atoms. The molecule has 0 aromatic heterocycles. The van der Waals surface area contributed by atoms with E-state index in [1.54, 1.807) is 42.5 Å². The second kappa shape index (κ2) is 6.93. The van der Waals surface area contributed by atoms with E-state index in [1.165, 1.54) is 12.1 Å². The zero-order valence-electron chi connectivity index (χ0n) is 11.1. The summed E-state index contributed by atoms with van der Waals surface area (Å²) in [5, 5.41) is 10.3. The number of rotatable bonds is 6. The fourth-order valence-electron chi connectivity index (χ4n) is 1.77. The molecule has 0 aliphatic carbocycles. The van der Waals surface area contributed by atoms with Gasteiger partial charge in [0, 0.05) is 0 Å². The first-order valence-corrected chi connectivity index (χ1v) is 8.35. The minimum absolute atomic E-state index is 0.143. The van der Waals surface area contributed by atoms with Crippen LogP contribution in [-0.4, -0.2) is 32.0 Å². The first-order valence-electron chi connectivity index (χ1n) is 6.32. The average molecular weight is 327 g/mol. The number of benzene rings is 2. The van der Waals surface area contributed by atoms with E-state index in [0.29, 0.717) is 10.8 Å². The molecule has 1 atom stereocenters. The normalized spacial score (nSPS) is 12.9. The Bertz CT molecular complexity index is 686. The van der Waals surface area contributed by atoms with Crippen molar-refractivity contribution in [3.8, 4) is 5.75 Å². The standard InChI is InChI=1S/C15H15ClO4S/c16-14-8-4-5-9-15(14)20-10-12(17)11-21(18,19)13-6-2-1-3-7-13/h1-9,12,17H,10-11H2/t12-/m0/s1. The van der Waals surface area contributed by atoms with Gasteiger partial charge < -0.3 is 9.84 Å². The molecule has 6 heteroatoms. The van der Waals surface area contributed by atoms with Crippen LogP contribution in [0.3, 0.4) is 0 Å². The third kappa shape index (κ3) is 4.46. The zero-order chi connectivity index (χ0) is 15.3. The Kier molecular flexibility index (Phi) is 5.22. The lowest BCUT2D eigenvalue weighted by Crippen LogP contribution is -2.27. The van der Waals surface area contributed by atoms with Crippen molar-refractivity contribution >= 4 is 21.4 Å². The molecule has 0 heterocycles. The Labute approximate surface area is 128 Å². The van der Waals surface area contributed by atoms with Crippen molar-refractivity contribution in [2.24, 2.45) is 0 Å². The average Bonchev–Trinajstić information content (AvgIpc) is 2.47. The molecule has 21 heavy (non-hydrogen) atoms. The highest BCUT2D eigenvalue weighted by atomic mass is 35.5. The summed E-state index contributed by atoms with van der Waals surface area (Å²) >= 11 is 5.91. The van der Waals surface area contributed by atoms with Gasteiger partial charge >= 0.3 is 0 Å². The lowest BCUT2D eigenvalue weighted by molar-refractivity contribution is 0.125. The van der Waals surface area contributed by atoms with Crippen LogP contribution in [0, 0.1) is 0 Å². The predicted octanol–water partition coefficient (Wildman–Crippen LogP) is 2.55. The Morgan fingerprint density at radius 2 is 1.67 bits per heavy atom. The van der Waals surface area contributed by atoms with Crippen LogP contribution in [0.25, 0.3) is 0 Å². The highest BCUT2D eigenvalue weighted by Crippen LogP contribution is 2.23. The van der Waals surface area contributed by atoms with Crippen molar-refractivity contribution < 1.29 is 18.3 Å². The van der Waals surface area contributed by atoms with Gasteiger partial charge in [0.25, 0.3) is 0 Å². The number of halogens is 1. The molecule has 2 aromatic rings. The van der Waals surface area contributed by atoms with Crippen molar-refractivity contribution in [2.75, 3.05) is 12.4 Å². The molecule has 0 aliphatic rings. The van der Waals surface area contributed by atoms with E-state index in [1.807, 2.05) is 0 Å². The van der Waals surface area contributed by atoms with E-state index >= 15 is 0 Å². The molecule has 0 unspecified atom stereocenters. The highest BCUT2D eigenvalue weighted by molar-refractivity contribution is 7.91. The third-order valence-electron chi connectivity index (χ3n) is 2.78. The Morgan fingerprint density at radius 3 is 2.33 bits per heavy atom. The second-order valence-corrected chi connectivity index (χ2v) is 6.93. The predicted molar refractivity (Wildman–Crippen MR) is 81.4 cm³/mol. The Balaban J connectivity index is 1.96. The van der Waals surface area contributed by atoms with E-state index in [-0.39, 0.29) is 11.5 Å². The SMILES string of the molecule is O=S(=O)(C[C@@H](O)COc1ccccc1Cl)c1ccccc1. The summed E-state index contributed by atoms with van der Waals surface area (Å²) in [5.41, 5.74) is 0. The Morgan fingerprint density at radius 1 is 1.05 bits per heavy atom. The number of aliphatic hydroxyl groups is 1. The zero-order valence-corrected chi connectivity index (χ0v) is 12.7. The number of aliphatic hydroxyl groups excluding tert-OH is 1. The summed E-state index contributed by atoms with van der Waals surface area (Å²) in [5.74, 6) is 0.0110. The van der Waals surface area contributed by atoms with Crippen molar-refractivity contribution in [1.29, 1.82) is 0 Å². The molecule has 0 aliphatic heterocycles. The smallest absolute Gasteiger partial charge is 0.181 e. The number of ether oxygens (including phenoxy) is 1. The van der Waals surface area contributed by atoms with Crippen molar-refractivity contribution in [2.45, 2.75) is 11.0 Å². The van der Waals surface area contributed by atoms with E-state index in [2.05, 4.69) is 0 Å². The third-order valence-corrected chi connectivity index (χ3v) is 4.91. The van der Waals surface area contributed by atoms with Gasteiger partial charge in [-0.25, -0.2) is 8.42 Å². The largest absolute Gasteiger partial charge is 0.489 e. The monoisotopic (exact) mass is 326 g/mol. The van der Waals surface area contributed by atoms with E-state index in [0.717, 1.165) is 0 Å². The first kappa shape index (κ1) is 15.8. The van der Waals surface area contributed by atoms with Crippen LogP contribution in [0.4, 0.5) is 0 Å². The molecule has 0 amide bonds. The van der Waals surface area contributed by atoms with E-state index in [9.17, 15) is 13.5 Å². The Hall–Kier alpha value is -1.56. The number of hydrogen-bond acceptors (Lipinski definition) is 4. The maximum atomic E-state index is 12.1. The van der Waals surface area contributed by atoms with Crippen LogP contribution in [0.15, 0.2) is 59.5 Å². The van der Waals surface area contributed by atoms with Gasteiger partial charge in [-0.1, -0.05) is 41.9 Å². The van der Waals surface area contributed by atoms with E-state index < -0.39 is 21.7 Å². The van der Waals surface area contributed by atoms with Gasteiger partial charge in [-0.15, -0.1) is 0 Å². The summed E-state index contributed by atoms with van der Waals surface area (Å²) in [6.45, 7) is -0.143. The molecule has 0 radical (unpaired) electrons. The number of para-hydroxylation sites is 1. The molecule has 0 saturated heterocycles. The fraction of sp³-hybridized carbons (Fsp3) is 0.200. The summed E-state index contributed by atoms with van der Waals surface area (Å²) in [6, 6.07) is 14.8. The summed E-state index contributed by atoms with van der Waals surface area (Å²) in [6.07, 6.45) is -1.13. The first-order chi connectivity index (χ1) is 9.99. The van der Waals surface area contributed by atoms with Gasteiger partial charge in [0.05, 0.1) is 15.7 Å². The molecular formula is C15H15ClO4S. The molecular weight excluding hydrogens is 312 g/mol. The van der Waals surface area contributed by atoms with Crippen molar-refractivity contribution in [3.63, 3.8) is 0 Å². The van der Waals surface area contributed by atoms with Gasteiger partial charge in [0.15, 0.2) is 9.84 Å². The summed E-state index contributed by atoms with van der Waals surface area (Å²) in [7, 11) is -3.54. The van der Waals surface area contributed by atoms with Gasteiger partial charge in [-0.3, -0.25) is 0 Å². The van der Waals surface area contributed by atoms with Gasteiger partial charge in [-0.2, -0.15) is 0 Å². The van der Waals surface area contributed by atoms with Crippen LogP contribution in [0.1, 0.15) is 0 Å². The lowest BCUT2D eigenvalue weighted by Gasteiger charge is -2.13. The molecule has 0 fully saturated rings. The van der Waals surface area contributed by atoms with Crippen LogP contribution in [-0.2, 0) is 9.84 Å². The molecule has 0 spiro atoms. The fourth-order valence-corrected chi connectivity index (χ4v) is 3.33. The molecule has 2 aromatic carbocycles. The maximum absolute atomic E-state index is 12.1. The minimum atomic E-state index is -3.54. The van der Waals surface area contributed by atoms with Gasteiger partial charge in [0.2, 0.25) is 0 Å². The van der Waals surface area contributed by atoms with Crippen molar-refractivity contribution in [1.82, 2.24) is 0 Å². The molecule has 112 valence electrons. The van der Waals surface area contributed by atoms with Crippen LogP contribution >= 0.6 is 11.6 Å². The van der Waals surface area contributed by atoms with Crippen LogP contribution in [0.5, 0.6) is 5.75 Å². The van der Waals surface area contributed by atoms with Gasteiger partial charge in [0.1, 0.15) is 18.5 Å². The van der Waals surface area contributed by atoms with Gasteiger partial charge in [-0.05, 0) is 24.3 Å². The van der Waals surface area contributed by atoms with Crippen LogP contribution in [0.2, 0.25) is 5.02 Å².